The van der Waals surface area contributed by atoms with E-state index in [-0.39, 0.29) is 0 Å². The van der Waals surface area contributed by atoms with Crippen molar-refractivity contribution in [1.29, 1.82) is 0 Å². The maximum Gasteiger partial charge on any atom is 0.210 e. The molecule has 0 bridgehead atoms. The van der Waals surface area contributed by atoms with Gasteiger partial charge in [-0.25, -0.2) is 12.7 Å². The Bertz CT molecular complexity index is 209. The molecule has 0 aliphatic carbocycles. The first-order valence-corrected chi connectivity index (χ1v) is 6.10. The highest BCUT2D eigenvalue weighted by atomic mass is 32.2. The maximum absolute atomic E-state index is 10.9. The molecule has 0 aromatic rings. The summed E-state index contributed by atoms with van der Waals surface area (Å²) in [6, 6.07) is 0. The van der Waals surface area contributed by atoms with Crippen molar-refractivity contribution in [1.82, 2.24) is 4.31 Å². The molecule has 0 aliphatic rings. The summed E-state index contributed by atoms with van der Waals surface area (Å²) in [5.41, 5.74) is 0. The standard InChI is InChI=1S/C8H19NO2S/c1-8(2)6-5-7-9(3)12(4,10)11/h8H,5-7H2,1-4H3. The van der Waals surface area contributed by atoms with Crippen molar-refractivity contribution in [3.05, 3.63) is 0 Å². The highest BCUT2D eigenvalue weighted by molar-refractivity contribution is 7.88. The van der Waals surface area contributed by atoms with E-state index in [1.165, 1.54) is 10.6 Å². The Morgan fingerprint density at radius 3 is 2.17 bits per heavy atom. The Balaban J connectivity index is 3.66. The summed E-state index contributed by atoms with van der Waals surface area (Å²) >= 11 is 0. The van der Waals surface area contributed by atoms with Gasteiger partial charge in [-0.2, -0.15) is 0 Å². The Kier molecular flexibility index (Phi) is 4.78. The topological polar surface area (TPSA) is 37.4 Å². The van der Waals surface area contributed by atoms with Crippen LogP contribution in [0, 0.1) is 5.92 Å². The molecule has 0 saturated carbocycles. The van der Waals surface area contributed by atoms with Crippen LogP contribution in [0.2, 0.25) is 0 Å². The summed E-state index contributed by atoms with van der Waals surface area (Å²) in [5, 5.41) is 0. The number of sulfonamides is 1. The fourth-order valence-corrected chi connectivity index (χ4v) is 1.35. The number of rotatable bonds is 5. The van der Waals surface area contributed by atoms with Crippen LogP contribution in [0.4, 0.5) is 0 Å². The molecule has 0 radical (unpaired) electrons. The van der Waals surface area contributed by atoms with Crippen molar-refractivity contribution >= 4 is 10.0 Å². The van der Waals surface area contributed by atoms with Crippen LogP contribution in [-0.4, -0.2) is 32.6 Å². The van der Waals surface area contributed by atoms with Gasteiger partial charge in [0.1, 0.15) is 0 Å². The van der Waals surface area contributed by atoms with E-state index in [1.807, 2.05) is 0 Å². The van der Waals surface area contributed by atoms with E-state index in [4.69, 9.17) is 0 Å². The molecule has 74 valence electrons. The first-order valence-electron chi connectivity index (χ1n) is 4.25. The zero-order valence-corrected chi connectivity index (χ0v) is 9.19. The van der Waals surface area contributed by atoms with Gasteiger partial charge in [-0.15, -0.1) is 0 Å². The fourth-order valence-electron chi connectivity index (χ4n) is 0.888. The van der Waals surface area contributed by atoms with Gasteiger partial charge >= 0.3 is 0 Å². The predicted molar refractivity (Wildman–Crippen MR) is 51.5 cm³/mol. The Morgan fingerprint density at radius 1 is 1.33 bits per heavy atom. The molecule has 0 spiro atoms. The van der Waals surface area contributed by atoms with Gasteiger partial charge in [0.15, 0.2) is 0 Å². The zero-order valence-electron chi connectivity index (χ0n) is 8.37. The monoisotopic (exact) mass is 193 g/mol. The highest BCUT2D eigenvalue weighted by Crippen LogP contribution is 2.05. The van der Waals surface area contributed by atoms with Crippen molar-refractivity contribution in [3.8, 4) is 0 Å². The van der Waals surface area contributed by atoms with Crippen molar-refractivity contribution in [2.24, 2.45) is 5.92 Å². The average Bonchev–Trinajstić information content (AvgIpc) is 1.84. The molecule has 0 heterocycles. The van der Waals surface area contributed by atoms with Crippen LogP contribution < -0.4 is 0 Å². The van der Waals surface area contributed by atoms with Crippen molar-refractivity contribution in [2.75, 3.05) is 19.8 Å². The molecule has 0 aliphatic heterocycles. The second-order valence-electron chi connectivity index (χ2n) is 3.62. The van der Waals surface area contributed by atoms with E-state index in [9.17, 15) is 8.42 Å². The van der Waals surface area contributed by atoms with Crippen molar-refractivity contribution in [2.45, 2.75) is 26.7 Å². The molecule has 0 aromatic heterocycles. The van der Waals surface area contributed by atoms with Crippen LogP contribution in [0.5, 0.6) is 0 Å². The van der Waals surface area contributed by atoms with Crippen molar-refractivity contribution in [3.63, 3.8) is 0 Å². The summed E-state index contributed by atoms with van der Waals surface area (Å²) in [6.07, 6.45) is 3.27. The van der Waals surface area contributed by atoms with Gasteiger partial charge in [0, 0.05) is 13.6 Å². The van der Waals surface area contributed by atoms with Gasteiger partial charge in [-0.3, -0.25) is 0 Å². The van der Waals surface area contributed by atoms with Gasteiger partial charge in [0.2, 0.25) is 10.0 Å². The Morgan fingerprint density at radius 2 is 1.83 bits per heavy atom. The van der Waals surface area contributed by atoms with Gasteiger partial charge in [0.25, 0.3) is 0 Å². The average molecular weight is 193 g/mol. The molecule has 0 N–H and O–H groups in total. The highest BCUT2D eigenvalue weighted by Gasteiger charge is 2.09. The van der Waals surface area contributed by atoms with Gasteiger partial charge in [-0.05, 0) is 18.8 Å². The lowest BCUT2D eigenvalue weighted by atomic mass is 10.1. The van der Waals surface area contributed by atoms with E-state index in [0.717, 1.165) is 12.8 Å². The SMILES string of the molecule is CC(C)CCCN(C)S(C)(=O)=O. The van der Waals surface area contributed by atoms with Crippen LogP contribution in [-0.2, 0) is 10.0 Å². The largest absolute Gasteiger partial charge is 0.213 e. The second kappa shape index (κ2) is 4.82. The lowest BCUT2D eigenvalue weighted by Crippen LogP contribution is -2.26. The third kappa shape index (κ3) is 5.55. The first kappa shape index (κ1) is 11.9. The molecular weight excluding hydrogens is 174 g/mol. The van der Waals surface area contributed by atoms with Crippen LogP contribution in [0.25, 0.3) is 0 Å². The van der Waals surface area contributed by atoms with Gasteiger partial charge in [-0.1, -0.05) is 13.8 Å². The van der Waals surface area contributed by atoms with Gasteiger partial charge in [0.05, 0.1) is 6.26 Å². The number of nitrogens with zero attached hydrogens (tertiary/aromatic N) is 1. The molecule has 0 saturated heterocycles. The molecule has 0 rings (SSSR count). The zero-order chi connectivity index (χ0) is 9.78. The summed E-state index contributed by atoms with van der Waals surface area (Å²) < 4.78 is 23.3. The third-order valence-corrected chi connectivity index (χ3v) is 3.14. The van der Waals surface area contributed by atoms with Crippen molar-refractivity contribution < 1.29 is 8.42 Å². The first-order chi connectivity index (χ1) is 5.34. The molecule has 3 nitrogen and oxygen atoms in total. The van der Waals surface area contributed by atoms with Crippen LogP contribution in [0.1, 0.15) is 26.7 Å². The van der Waals surface area contributed by atoms with E-state index < -0.39 is 10.0 Å². The molecule has 0 unspecified atom stereocenters. The summed E-state index contributed by atoms with van der Waals surface area (Å²) in [5.74, 6) is 0.651. The Hall–Kier alpha value is -0.0900. The lowest BCUT2D eigenvalue weighted by molar-refractivity contribution is 0.438. The number of hydrogen-bond donors (Lipinski definition) is 0. The molecule has 4 heteroatoms. The van der Waals surface area contributed by atoms with E-state index in [0.29, 0.717) is 12.5 Å². The molecule has 0 aromatic carbocycles. The normalized spacial score (nSPS) is 12.8. The minimum absolute atomic E-state index is 0.636. The lowest BCUT2D eigenvalue weighted by Gasteiger charge is -2.14. The maximum atomic E-state index is 10.9. The second-order valence-corrected chi connectivity index (χ2v) is 5.71. The van der Waals surface area contributed by atoms with Crippen LogP contribution in [0.3, 0.4) is 0 Å². The molecule has 0 fully saturated rings. The van der Waals surface area contributed by atoms with Crippen LogP contribution in [0.15, 0.2) is 0 Å². The molecule has 12 heavy (non-hydrogen) atoms. The predicted octanol–water partition coefficient (Wildman–Crippen LogP) is 1.31. The van der Waals surface area contributed by atoms with E-state index in [2.05, 4.69) is 13.8 Å². The van der Waals surface area contributed by atoms with Gasteiger partial charge < -0.3 is 0 Å². The molecule has 0 amide bonds. The fraction of sp³-hybridized carbons (Fsp3) is 1.00. The summed E-state index contributed by atoms with van der Waals surface area (Å²) in [4.78, 5) is 0. The third-order valence-electron chi connectivity index (χ3n) is 1.82. The molecular formula is C8H19NO2S. The van der Waals surface area contributed by atoms with Crippen LogP contribution >= 0.6 is 0 Å². The summed E-state index contributed by atoms with van der Waals surface area (Å²) in [6.45, 7) is 4.91. The van der Waals surface area contributed by atoms with E-state index >= 15 is 0 Å². The Labute approximate surface area is 75.8 Å². The quantitative estimate of drug-likeness (QED) is 0.660. The summed E-state index contributed by atoms with van der Waals surface area (Å²) in [7, 11) is -1.35. The smallest absolute Gasteiger partial charge is 0.210 e. The minimum Gasteiger partial charge on any atom is -0.213 e. The molecule has 0 atom stereocenters. The minimum atomic E-state index is -2.97. The number of hydrogen-bond acceptors (Lipinski definition) is 2. The van der Waals surface area contributed by atoms with E-state index in [1.54, 1.807) is 7.05 Å².